The number of guanidine groups is 1. The van der Waals surface area contributed by atoms with E-state index < -0.39 is 60.2 Å². The molecular formula is C19H37N9O6. The molecule has 15 nitrogen and oxygen atoms in total. The predicted molar refractivity (Wildman–Crippen MR) is 124 cm³/mol. The number of rotatable bonds is 17. The highest BCUT2D eigenvalue weighted by atomic mass is 16.4. The predicted octanol–water partition coefficient (Wildman–Crippen LogP) is -4.07. The summed E-state index contributed by atoms with van der Waals surface area (Å²) in [5.41, 5.74) is 26.7. The van der Waals surface area contributed by atoms with Gasteiger partial charge < -0.3 is 49.7 Å². The van der Waals surface area contributed by atoms with Crippen molar-refractivity contribution in [2.75, 3.05) is 13.1 Å². The highest BCUT2D eigenvalue weighted by Crippen LogP contribution is 2.06. The van der Waals surface area contributed by atoms with Crippen molar-refractivity contribution >= 4 is 35.6 Å². The maximum Gasteiger partial charge on any atom is 0.325 e. The molecule has 0 saturated heterocycles. The number of nitrogens with zero attached hydrogens (tertiary/aromatic N) is 1. The van der Waals surface area contributed by atoms with Crippen LogP contribution in [0.25, 0.3) is 0 Å². The fourth-order valence-electron chi connectivity index (χ4n) is 2.77. The van der Waals surface area contributed by atoms with Crippen LogP contribution < -0.4 is 44.6 Å². The minimum atomic E-state index is -1.27. The Hall–Kier alpha value is -3.46. The van der Waals surface area contributed by atoms with Gasteiger partial charge in [-0.15, -0.1) is 0 Å². The van der Waals surface area contributed by atoms with Gasteiger partial charge in [0.25, 0.3) is 0 Å². The van der Waals surface area contributed by atoms with Gasteiger partial charge in [-0.1, -0.05) is 0 Å². The molecule has 194 valence electrons. The number of aliphatic carboxylic acids is 1. The number of carboxylic acids is 1. The molecule has 15 heteroatoms. The zero-order valence-electron chi connectivity index (χ0n) is 19.3. The number of carbonyl (C=O) groups excluding carboxylic acids is 4. The highest BCUT2D eigenvalue weighted by Gasteiger charge is 2.29. The quantitative estimate of drug-likeness (QED) is 0.0543. The van der Waals surface area contributed by atoms with Crippen molar-refractivity contribution in [1.29, 1.82) is 0 Å². The first-order valence-corrected chi connectivity index (χ1v) is 10.8. The fourth-order valence-corrected chi connectivity index (χ4v) is 2.77. The van der Waals surface area contributed by atoms with Gasteiger partial charge in [-0.2, -0.15) is 0 Å². The summed E-state index contributed by atoms with van der Waals surface area (Å²) in [6, 6.07) is -4.66. The van der Waals surface area contributed by atoms with Crippen LogP contribution in [-0.4, -0.2) is 77.9 Å². The Labute approximate surface area is 197 Å². The van der Waals surface area contributed by atoms with Crippen LogP contribution in [0.15, 0.2) is 4.99 Å². The van der Waals surface area contributed by atoms with Crippen molar-refractivity contribution in [3.8, 4) is 0 Å². The largest absolute Gasteiger partial charge is 0.480 e. The van der Waals surface area contributed by atoms with Crippen molar-refractivity contribution in [1.82, 2.24) is 16.0 Å². The Kier molecular flexibility index (Phi) is 14.6. The van der Waals surface area contributed by atoms with E-state index in [-0.39, 0.29) is 25.3 Å². The third-order valence-corrected chi connectivity index (χ3v) is 4.65. The number of carboxylic acid groups (broad SMARTS) is 1. The molecule has 0 aliphatic rings. The topological polar surface area (TPSA) is 284 Å². The molecule has 14 N–H and O–H groups in total. The van der Waals surface area contributed by atoms with E-state index in [4.69, 9.17) is 33.8 Å². The van der Waals surface area contributed by atoms with Gasteiger partial charge in [-0.25, -0.2) is 0 Å². The molecule has 0 bridgehead atoms. The molecule has 0 radical (unpaired) electrons. The van der Waals surface area contributed by atoms with Crippen LogP contribution in [0.5, 0.6) is 0 Å². The molecule has 0 aliphatic carbocycles. The Morgan fingerprint density at radius 1 is 0.853 bits per heavy atom. The minimum absolute atomic E-state index is 0.0836. The number of aliphatic imine (C=N–C) groups is 1. The standard InChI is InChI=1S/C19H37N9O6/c1-10(18(33)34)26-16(31)12(5-2-3-7-20)28-17(32)13(6-4-8-25-19(23)24)27-15(30)11(21)9-14(22)29/h10-13H,2-9,20-21H2,1H3,(H2,22,29)(H,26,31)(H,27,30)(H,28,32)(H,33,34)(H4,23,24,25). The van der Waals surface area contributed by atoms with Gasteiger partial charge in [0.1, 0.15) is 18.1 Å². The average molecular weight is 488 g/mol. The van der Waals surface area contributed by atoms with Crippen LogP contribution >= 0.6 is 0 Å². The van der Waals surface area contributed by atoms with Crippen molar-refractivity contribution < 1.29 is 29.1 Å². The highest BCUT2D eigenvalue weighted by molar-refractivity contribution is 5.94. The van der Waals surface area contributed by atoms with E-state index in [0.717, 1.165) is 0 Å². The molecule has 0 aromatic heterocycles. The fraction of sp³-hybridized carbons (Fsp3) is 0.684. The van der Waals surface area contributed by atoms with E-state index in [1.807, 2.05) is 0 Å². The lowest BCUT2D eigenvalue weighted by Crippen LogP contribution is -2.57. The van der Waals surface area contributed by atoms with Crippen LogP contribution in [0.2, 0.25) is 0 Å². The van der Waals surface area contributed by atoms with E-state index in [1.54, 1.807) is 0 Å². The summed E-state index contributed by atoms with van der Waals surface area (Å²) in [5.74, 6) is -4.37. The number of nitrogens with two attached hydrogens (primary N) is 5. The monoisotopic (exact) mass is 487 g/mol. The molecule has 0 saturated carbocycles. The van der Waals surface area contributed by atoms with Crippen LogP contribution in [0.1, 0.15) is 45.4 Å². The van der Waals surface area contributed by atoms with Crippen molar-refractivity contribution in [2.24, 2.45) is 33.7 Å². The molecule has 4 amide bonds. The van der Waals surface area contributed by atoms with Gasteiger partial charge in [0, 0.05) is 6.54 Å². The molecule has 0 aromatic carbocycles. The Bertz CT molecular complexity index is 742. The lowest BCUT2D eigenvalue weighted by Gasteiger charge is -2.24. The number of hydrogen-bond acceptors (Lipinski definition) is 8. The number of nitrogens with one attached hydrogen (secondary N) is 3. The molecule has 0 heterocycles. The summed E-state index contributed by atoms with van der Waals surface area (Å²) in [4.78, 5) is 63.8. The number of primary amides is 1. The third-order valence-electron chi connectivity index (χ3n) is 4.65. The third kappa shape index (κ3) is 13.2. The SMILES string of the molecule is CC(NC(=O)C(CCCCN)NC(=O)C(CCCN=C(N)N)NC(=O)C(N)CC(N)=O)C(=O)O. The molecule has 0 rings (SSSR count). The number of carbonyl (C=O) groups is 5. The first kappa shape index (κ1) is 30.5. The lowest BCUT2D eigenvalue weighted by atomic mass is 10.1. The first-order valence-electron chi connectivity index (χ1n) is 10.8. The Morgan fingerprint density at radius 2 is 1.38 bits per heavy atom. The summed E-state index contributed by atoms with van der Waals surface area (Å²) < 4.78 is 0. The van der Waals surface area contributed by atoms with Crippen molar-refractivity contribution in [3.63, 3.8) is 0 Å². The van der Waals surface area contributed by atoms with Gasteiger partial charge in [-0.05, 0) is 45.6 Å². The van der Waals surface area contributed by atoms with Crippen LogP contribution in [0, 0.1) is 0 Å². The van der Waals surface area contributed by atoms with Crippen LogP contribution in [0.4, 0.5) is 0 Å². The Balaban J connectivity index is 5.47. The van der Waals surface area contributed by atoms with Crippen molar-refractivity contribution in [3.05, 3.63) is 0 Å². The first-order chi connectivity index (χ1) is 15.9. The maximum absolute atomic E-state index is 13.0. The molecular weight excluding hydrogens is 450 g/mol. The summed E-state index contributed by atoms with van der Waals surface area (Å²) in [5, 5.41) is 16.3. The van der Waals surface area contributed by atoms with E-state index in [1.165, 1.54) is 6.92 Å². The zero-order chi connectivity index (χ0) is 26.3. The normalized spacial score (nSPS) is 14.1. The molecule has 0 spiro atoms. The van der Waals surface area contributed by atoms with Crippen LogP contribution in [-0.2, 0) is 24.0 Å². The molecule has 0 fully saturated rings. The van der Waals surface area contributed by atoms with Gasteiger partial charge in [-0.3, -0.25) is 29.0 Å². The van der Waals surface area contributed by atoms with E-state index in [9.17, 15) is 24.0 Å². The number of unbranched alkanes of at least 4 members (excludes halogenated alkanes) is 1. The second kappa shape index (κ2) is 16.2. The van der Waals surface area contributed by atoms with E-state index in [2.05, 4.69) is 20.9 Å². The summed E-state index contributed by atoms with van der Waals surface area (Å²) >= 11 is 0. The molecule has 4 unspecified atom stereocenters. The molecule has 4 atom stereocenters. The van der Waals surface area contributed by atoms with E-state index >= 15 is 0 Å². The average Bonchev–Trinajstić information content (AvgIpc) is 2.73. The van der Waals surface area contributed by atoms with Crippen LogP contribution in [0.3, 0.4) is 0 Å². The van der Waals surface area contributed by atoms with Gasteiger partial charge in [0.2, 0.25) is 23.6 Å². The second-order valence-corrected chi connectivity index (χ2v) is 7.70. The lowest BCUT2D eigenvalue weighted by molar-refractivity contribution is -0.141. The number of hydrogen-bond donors (Lipinski definition) is 9. The van der Waals surface area contributed by atoms with Gasteiger partial charge >= 0.3 is 5.97 Å². The second-order valence-electron chi connectivity index (χ2n) is 7.70. The number of amides is 4. The molecule has 0 aliphatic heterocycles. The summed E-state index contributed by atoms with van der Waals surface area (Å²) in [6.07, 6.45) is 1.21. The molecule has 34 heavy (non-hydrogen) atoms. The Morgan fingerprint density at radius 3 is 1.88 bits per heavy atom. The summed E-state index contributed by atoms with van der Waals surface area (Å²) in [6.45, 7) is 1.83. The smallest absolute Gasteiger partial charge is 0.325 e. The van der Waals surface area contributed by atoms with Gasteiger partial charge in [0.05, 0.1) is 12.5 Å². The minimum Gasteiger partial charge on any atom is -0.480 e. The van der Waals surface area contributed by atoms with Gasteiger partial charge in [0.15, 0.2) is 5.96 Å². The van der Waals surface area contributed by atoms with Crippen molar-refractivity contribution in [2.45, 2.75) is 69.6 Å². The summed E-state index contributed by atoms with van der Waals surface area (Å²) in [7, 11) is 0. The van der Waals surface area contributed by atoms with E-state index in [0.29, 0.717) is 25.8 Å². The molecule has 0 aromatic rings. The zero-order valence-corrected chi connectivity index (χ0v) is 19.3. The maximum atomic E-state index is 13.0.